The molecule has 0 aromatic heterocycles. The van der Waals surface area contributed by atoms with Crippen molar-refractivity contribution in [1.82, 2.24) is 0 Å². The summed E-state index contributed by atoms with van der Waals surface area (Å²) in [5.41, 5.74) is 0.769. The van der Waals surface area contributed by atoms with Gasteiger partial charge in [0, 0.05) is 23.8 Å². The highest BCUT2D eigenvalue weighted by Crippen LogP contribution is 2.60. The molecule has 2 fully saturated rings. The molecule has 0 heterocycles. The minimum atomic E-state index is -2.00. The largest absolute Gasteiger partial charge is 0.394 e. The summed E-state index contributed by atoms with van der Waals surface area (Å²) in [6, 6.07) is 0. The topological polar surface area (TPSA) is 18.5 Å². The van der Waals surface area contributed by atoms with Crippen LogP contribution in [-0.2, 0) is 8.85 Å². The van der Waals surface area contributed by atoms with Crippen LogP contribution < -0.4 is 0 Å². The molecule has 2 saturated carbocycles. The molecule has 2 aliphatic carbocycles. The summed E-state index contributed by atoms with van der Waals surface area (Å²) in [7, 11) is -2.00. The van der Waals surface area contributed by atoms with E-state index >= 15 is 0 Å². The van der Waals surface area contributed by atoms with E-state index < -0.39 is 8.56 Å². The van der Waals surface area contributed by atoms with E-state index in [0.29, 0.717) is 5.04 Å². The average molecular weight is 256 g/mol. The van der Waals surface area contributed by atoms with Crippen molar-refractivity contribution in [2.24, 2.45) is 0 Å². The Morgan fingerprint density at radius 3 is 1.88 bits per heavy atom. The van der Waals surface area contributed by atoms with Gasteiger partial charge in [-0.25, -0.2) is 0 Å². The van der Waals surface area contributed by atoms with E-state index in [2.05, 4.69) is 20.8 Å². The van der Waals surface area contributed by atoms with E-state index in [4.69, 9.17) is 8.85 Å². The Labute approximate surface area is 107 Å². The zero-order valence-electron chi connectivity index (χ0n) is 11.8. The van der Waals surface area contributed by atoms with Gasteiger partial charge in [-0.2, -0.15) is 0 Å². The van der Waals surface area contributed by atoms with Crippen molar-refractivity contribution in [3.05, 3.63) is 0 Å². The lowest BCUT2D eigenvalue weighted by molar-refractivity contribution is 0.130. The molecule has 0 spiro atoms. The molecule has 2 rings (SSSR count). The van der Waals surface area contributed by atoms with Gasteiger partial charge >= 0.3 is 8.56 Å². The summed E-state index contributed by atoms with van der Waals surface area (Å²) >= 11 is 0. The highest BCUT2D eigenvalue weighted by Gasteiger charge is 2.61. The summed E-state index contributed by atoms with van der Waals surface area (Å²) in [6.07, 6.45) is 9.49. The molecule has 0 atom stereocenters. The average Bonchev–Trinajstić information content (AvgIpc) is 2.64. The van der Waals surface area contributed by atoms with Gasteiger partial charge < -0.3 is 8.85 Å². The highest BCUT2D eigenvalue weighted by molar-refractivity contribution is 6.72. The predicted octanol–water partition coefficient (Wildman–Crippen LogP) is 4.39. The summed E-state index contributed by atoms with van der Waals surface area (Å²) in [4.78, 5) is 0. The Kier molecular flexibility index (Phi) is 4.32. The van der Waals surface area contributed by atoms with Crippen molar-refractivity contribution < 1.29 is 8.85 Å². The molecule has 0 amide bonds. The normalized spacial score (nSPS) is 24.9. The van der Waals surface area contributed by atoms with E-state index in [1.807, 2.05) is 0 Å². The van der Waals surface area contributed by atoms with Crippen molar-refractivity contribution in [2.45, 2.75) is 76.3 Å². The van der Waals surface area contributed by atoms with Gasteiger partial charge in [-0.1, -0.05) is 26.2 Å². The molecule has 2 aliphatic rings. The molecule has 3 heteroatoms. The van der Waals surface area contributed by atoms with E-state index in [0.717, 1.165) is 18.8 Å². The van der Waals surface area contributed by atoms with Crippen molar-refractivity contribution in [3.63, 3.8) is 0 Å². The van der Waals surface area contributed by atoms with E-state index in [1.165, 1.54) is 44.9 Å². The van der Waals surface area contributed by atoms with Gasteiger partial charge in [0.1, 0.15) is 0 Å². The maximum absolute atomic E-state index is 6.38. The molecule has 0 N–H and O–H groups in total. The molecule has 0 aromatic rings. The van der Waals surface area contributed by atoms with Gasteiger partial charge in [-0.05, 0) is 39.5 Å². The second kappa shape index (κ2) is 5.41. The SMILES string of the molecule is CCO[Si](OCC)(C1CCC1)C1(C)CCCC1. The van der Waals surface area contributed by atoms with Crippen molar-refractivity contribution in [3.8, 4) is 0 Å². The van der Waals surface area contributed by atoms with Gasteiger partial charge in [-0.3, -0.25) is 0 Å². The third kappa shape index (κ3) is 2.22. The van der Waals surface area contributed by atoms with E-state index in [9.17, 15) is 0 Å². The molecule has 0 aromatic carbocycles. The fraction of sp³-hybridized carbons (Fsp3) is 1.00. The second-order valence-electron chi connectivity index (χ2n) is 5.93. The summed E-state index contributed by atoms with van der Waals surface area (Å²) in [5, 5.41) is 0.379. The third-order valence-electron chi connectivity index (χ3n) is 4.91. The lowest BCUT2D eigenvalue weighted by atomic mass is 9.99. The van der Waals surface area contributed by atoms with Gasteiger partial charge in [0.2, 0.25) is 0 Å². The lowest BCUT2D eigenvalue weighted by Gasteiger charge is -2.50. The summed E-state index contributed by atoms with van der Waals surface area (Å²) in [6.45, 7) is 8.39. The molecule has 0 aliphatic heterocycles. The van der Waals surface area contributed by atoms with E-state index in [-0.39, 0.29) is 0 Å². The fourth-order valence-electron chi connectivity index (χ4n) is 3.84. The smallest absolute Gasteiger partial charge is 0.347 e. The molecular weight excluding hydrogens is 228 g/mol. The van der Waals surface area contributed by atoms with Crippen molar-refractivity contribution in [2.75, 3.05) is 13.2 Å². The molecular formula is C14H28O2Si. The van der Waals surface area contributed by atoms with Crippen LogP contribution in [0, 0.1) is 0 Å². The third-order valence-corrected chi connectivity index (χ3v) is 10.2. The Morgan fingerprint density at radius 1 is 1.00 bits per heavy atom. The first-order chi connectivity index (χ1) is 8.18. The standard InChI is InChI=1S/C14H28O2Si/c1-4-15-17(16-5-2,13-9-8-10-13)14(3)11-6-7-12-14/h13H,4-12H2,1-3H3. The molecule has 0 unspecified atom stereocenters. The molecule has 100 valence electrons. The Balaban J connectivity index is 2.24. The zero-order chi connectivity index (χ0) is 12.4. The number of hydrogen-bond donors (Lipinski definition) is 0. The van der Waals surface area contributed by atoms with Crippen LogP contribution in [0.3, 0.4) is 0 Å². The van der Waals surface area contributed by atoms with Crippen LogP contribution in [0.25, 0.3) is 0 Å². The van der Waals surface area contributed by atoms with Crippen LogP contribution in [-0.4, -0.2) is 21.8 Å². The zero-order valence-corrected chi connectivity index (χ0v) is 12.8. The fourth-order valence-corrected chi connectivity index (χ4v) is 9.15. The van der Waals surface area contributed by atoms with Crippen LogP contribution >= 0.6 is 0 Å². The lowest BCUT2D eigenvalue weighted by Crippen LogP contribution is -2.57. The van der Waals surface area contributed by atoms with Crippen molar-refractivity contribution in [1.29, 1.82) is 0 Å². The number of rotatable bonds is 6. The Bertz CT molecular complexity index is 239. The molecule has 0 radical (unpaired) electrons. The van der Waals surface area contributed by atoms with Crippen LogP contribution in [0.15, 0.2) is 0 Å². The summed E-state index contributed by atoms with van der Waals surface area (Å²) < 4.78 is 12.8. The van der Waals surface area contributed by atoms with Crippen molar-refractivity contribution >= 4 is 8.56 Å². The maximum atomic E-state index is 6.38. The summed E-state index contributed by atoms with van der Waals surface area (Å²) in [5.74, 6) is 0. The molecule has 2 nitrogen and oxygen atoms in total. The van der Waals surface area contributed by atoms with Crippen LogP contribution in [0.1, 0.15) is 65.7 Å². The van der Waals surface area contributed by atoms with Crippen LogP contribution in [0.4, 0.5) is 0 Å². The molecule has 0 bridgehead atoms. The van der Waals surface area contributed by atoms with Crippen LogP contribution in [0.5, 0.6) is 0 Å². The first kappa shape index (κ1) is 13.6. The Hall–Kier alpha value is 0.137. The van der Waals surface area contributed by atoms with Gasteiger partial charge in [-0.15, -0.1) is 0 Å². The molecule has 0 saturated heterocycles. The second-order valence-corrected chi connectivity index (χ2v) is 9.87. The Morgan fingerprint density at radius 2 is 1.53 bits per heavy atom. The maximum Gasteiger partial charge on any atom is 0.347 e. The monoisotopic (exact) mass is 256 g/mol. The van der Waals surface area contributed by atoms with Gasteiger partial charge in [0.25, 0.3) is 0 Å². The van der Waals surface area contributed by atoms with Crippen LogP contribution in [0.2, 0.25) is 10.6 Å². The number of hydrogen-bond acceptors (Lipinski definition) is 2. The van der Waals surface area contributed by atoms with Gasteiger partial charge in [0.05, 0.1) is 0 Å². The highest BCUT2D eigenvalue weighted by atomic mass is 28.4. The first-order valence-electron chi connectivity index (χ1n) is 7.46. The quantitative estimate of drug-likeness (QED) is 0.656. The minimum Gasteiger partial charge on any atom is -0.394 e. The van der Waals surface area contributed by atoms with E-state index in [1.54, 1.807) is 0 Å². The van der Waals surface area contributed by atoms with Gasteiger partial charge in [0.15, 0.2) is 0 Å². The first-order valence-corrected chi connectivity index (χ1v) is 9.36. The predicted molar refractivity (Wildman–Crippen MR) is 73.4 cm³/mol. The molecule has 17 heavy (non-hydrogen) atoms. The minimum absolute atomic E-state index is 0.379.